The molecule has 0 aromatic heterocycles. The Morgan fingerprint density at radius 1 is 1.22 bits per heavy atom. The second kappa shape index (κ2) is 6.50. The summed E-state index contributed by atoms with van der Waals surface area (Å²) in [6.45, 7) is 7.44. The summed E-state index contributed by atoms with van der Waals surface area (Å²) in [5.41, 5.74) is -0.574. The molecule has 0 unspecified atom stereocenters. The molecule has 1 rings (SSSR count). The minimum absolute atomic E-state index is 0. The standard InChI is InChI=1S/C12H18N2O3.Na/c1-5-12(8(4)6-7(2)3)9(15)13-11(17)14-10(12)16;/h6-7H,5H2,1-4H3,(H2,13,14,15,16,17);/q;+1/b8-6+;. The Morgan fingerprint density at radius 3 is 2.00 bits per heavy atom. The molecule has 0 aliphatic carbocycles. The molecule has 0 atom stereocenters. The third-order valence-electron chi connectivity index (χ3n) is 3.02. The van der Waals surface area contributed by atoms with Gasteiger partial charge < -0.3 is 0 Å². The van der Waals surface area contributed by atoms with Gasteiger partial charge in [-0.1, -0.05) is 32.4 Å². The van der Waals surface area contributed by atoms with Crippen molar-refractivity contribution in [2.75, 3.05) is 0 Å². The number of carbonyl (C=O) groups is 3. The van der Waals surface area contributed by atoms with Crippen LogP contribution in [0.15, 0.2) is 11.6 Å². The smallest absolute Gasteiger partial charge is 0.277 e. The van der Waals surface area contributed by atoms with Gasteiger partial charge in [-0.05, 0) is 19.3 Å². The van der Waals surface area contributed by atoms with E-state index in [0.29, 0.717) is 12.0 Å². The molecule has 0 radical (unpaired) electrons. The zero-order chi connectivity index (χ0) is 13.2. The van der Waals surface area contributed by atoms with Crippen LogP contribution in [-0.4, -0.2) is 17.8 Å². The summed E-state index contributed by atoms with van der Waals surface area (Å²) < 4.78 is 0. The molecule has 1 aliphatic heterocycles. The number of barbiturate groups is 1. The first kappa shape index (κ1) is 17.4. The molecule has 1 saturated heterocycles. The quantitative estimate of drug-likeness (QED) is 0.363. The predicted molar refractivity (Wildman–Crippen MR) is 63.0 cm³/mol. The molecule has 0 aromatic carbocycles. The van der Waals surface area contributed by atoms with Crippen molar-refractivity contribution >= 4 is 17.8 Å². The number of hydrogen-bond acceptors (Lipinski definition) is 3. The molecule has 2 N–H and O–H groups in total. The summed E-state index contributed by atoms with van der Waals surface area (Å²) >= 11 is 0. The van der Waals surface area contributed by atoms with Gasteiger partial charge >= 0.3 is 35.6 Å². The van der Waals surface area contributed by atoms with E-state index in [4.69, 9.17) is 0 Å². The second-order valence-corrected chi connectivity index (χ2v) is 4.59. The van der Waals surface area contributed by atoms with Crippen molar-refractivity contribution in [3.8, 4) is 0 Å². The van der Waals surface area contributed by atoms with Gasteiger partial charge in [0.15, 0.2) is 0 Å². The molecular formula is C12H18N2NaO3+. The maximum atomic E-state index is 12.0. The number of rotatable bonds is 3. The second-order valence-electron chi connectivity index (χ2n) is 4.59. The fourth-order valence-corrected chi connectivity index (χ4v) is 2.15. The van der Waals surface area contributed by atoms with E-state index in [1.807, 2.05) is 19.9 Å². The van der Waals surface area contributed by atoms with Crippen LogP contribution in [0.2, 0.25) is 0 Å². The monoisotopic (exact) mass is 261 g/mol. The first-order valence-corrected chi connectivity index (χ1v) is 5.70. The van der Waals surface area contributed by atoms with Gasteiger partial charge in [0.25, 0.3) is 0 Å². The van der Waals surface area contributed by atoms with E-state index in [1.165, 1.54) is 0 Å². The fourth-order valence-electron chi connectivity index (χ4n) is 2.15. The predicted octanol–water partition coefficient (Wildman–Crippen LogP) is -1.64. The number of allylic oxidation sites excluding steroid dienone is 1. The zero-order valence-electron chi connectivity index (χ0n) is 11.6. The first-order chi connectivity index (χ1) is 7.84. The van der Waals surface area contributed by atoms with Gasteiger partial charge in [0.1, 0.15) is 5.41 Å². The summed E-state index contributed by atoms with van der Waals surface area (Å²) in [5, 5.41) is 4.31. The molecule has 1 heterocycles. The number of carbonyl (C=O) groups excluding carboxylic acids is 3. The summed E-state index contributed by atoms with van der Waals surface area (Å²) in [6, 6.07) is -0.749. The molecule has 5 nitrogen and oxygen atoms in total. The Kier molecular flexibility index (Phi) is 6.26. The third kappa shape index (κ3) is 3.02. The molecule has 0 spiro atoms. The molecule has 18 heavy (non-hydrogen) atoms. The largest absolute Gasteiger partial charge is 1.00 e. The van der Waals surface area contributed by atoms with Gasteiger partial charge in [-0.25, -0.2) is 4.79 Å². The van der Waals surface area contributed by atoms with Crippen molar-refractivity contribution in [2.24, 2.45) is 11.3 Å². The van der Waals surface area contributed by atoms with Crippen LogP contribution in [0.3, 0.4) is 0 Å². The molecule has 94 valence electrons. The molecule has 0 bridgehead atoms. The van der Waals surface area contributed by atoms with Crippen molar-refractivity contribution in [3.63, 3.8) is 0 Å². The van der Waals surface area contributed by atoms with E-state index in [0.717, 1.165) is 0 Å². The van der Waals surface area contributed by atoms with E-state index < -0.39 is 23.3 Å². The minimum atomic E-state index is -1.25. The third-order valence-corrected chi connectivity index (χ3v) is 3.02. The molecule has 6 heteroatoms. The van der Waals surface area contributed by atoms with Gasteiger partial charge in [0, 0.05) is 0 Å². The van der Waals surface area contributed by atoms with E-state index in [2.05, 4.69) is 10.6 Å². The molecule has 0 saturated carbocycles. The van der Waals surface area contributed by atoms with Crippen LogP contribution in [0.4, 0.5) is 4.79 Å². The van der Waals surface area contributed by atoms with Crippen LogP contribution >= 0.6 is 0 Å². The number of urea groups is 1. The summed E-state index contributed by atoms with van der Waals surface area (Å²) in [6.07, 6.45) is 2.20. The molecule has 4 amide bonds. The van der Waals surface area contributed by atoms with E-state index in [9.17, 15) is 14.4 Å². The maximum Gasteiger partial charge on any atom is 1.00 e. The van der Waals surface area contributed by atoms with Crippen molar-refractivity contribution < 1.29 is 43.9 Å². The number of hydrogen-bond donors (Lipinski definition) is 2. The average molecular weight is 261 g/mol. The Morgan fingerprint density at radius 2 is 1.67 bits per heavy atom. The van der Waals surface area contributed by atoms with Crippen LogP contribution < -0.4 is 40.2 Å². The number of amides is 4. The van der Waals surface area contributed by atoms with Crippen molar-refractivity contribution in [2.45, 2.75) is 34.1 Å². The minimum Gasteiger partial charge on any atom is -0.277 e. The van der Waals surface area contributed by atoms with Crippen LogP contribution in [0.5, 0.6) is 0 Å². The fraction of sp³-hybridized carbons (Fsp3) is 0.583. The van der Waals surface area contributed by atoms with Gasteiger partial charge in [-0.15, -0.1) is 0 Å². The maximum absolute atomic E-state index is 12.0. The van der Waals surface area contributed by atoms with E-state index >= 15 is 0 Å². The van der Waals surface area contributed by atoms with Crippen LogP contribution in [0.1, 0.15) is 34.1 Å². The summed E-state index contributed by atoms with van der Waals surface area (Å²) in [7, 11) is 0. The molecule has 1 fully saturated rings. The molecule has 0 aromatic rings. The van der Waals surface area contributed by atoms with Crippen molar-refractivity contribution in [1.82, 2.24) is 10.6 Å². The van der Waals surface area contributed by atoms with Crippen LogP contribution in [-0.2, 0) is 9.59 Å². The zero-order valence-corrected chi connectivity index (χ0v) is 13.6. The SMILES string of the molecule is CCC1(/C(C)=C/C(C)C)C(=O)NC(=O)NC1=O.[Na+]. The summed E-state index contributed by atoms with van der Waals surface area (Å²) in [5.74, 6) is -0.844. The van der Waals surface area contributed by atoms with Crippen molar-refractivity contribution in [1.29, 1.82) is 0 Å². The first-order valence-electron chi connectivity index (χ1n) is 5.70. The Bertz CT molecular complexity index is 382. The van der Waals surface area contributed by atoms with Gasteiger partial charge in [0.2, 0.25) is 11.8 Å². The topological polar surface area (TPSA) is 75.3 Å². The van der Waals surface area contributed by atoms with Gasteiger partial charge in [0.05, 0.1) is 0 Å². The van der Waals surface area contributed by atoms with Gasteiger partial charge in [-0.2, -0.15) is 0 Å². The van der Waals surface area contributed by atoms with E-state index in [-0.39, 0.29) is 35.5 Å². The Hall–Kier alpha value is -0.650. The number of imide groups is 2. The summed E-state index contributed by atoms with van der Waals surface area (Å²) in [4.78, 5) is 35.0. The molecule has 1 aliphatic rings. The van der Waals surface area contributed by atoms with Crippen molar-refractivity contribution in [3.05, 3.63) is 11.6 Å². The van der Waals surface area contributed by atoms with Crippen LogP contribution in [0.25, 0.3) is 0 Å². The van der Waals surface area contributed by atoms with Crippen LogP contribution in [0, 0.1) is 11.3 Å². The normalized spacial score (nSPS) is 19.2. The van der Waals surface area contributed by atoms with Gasteiger partial charge in [-0.3, -0.25) is 20.2 Å². The van der Waals surface area contributed by atoms with E-state index in [1.54, 1.807) is 13.8 Å². The Balaban J connectivity index is 0.00000289. The average Bonchev–Trinajstić information content (AvgIpc) is 2.16. The molecular weight excluding hydrogens is 243 g/mol. The Labute approximate surface area is 129 Å². The number of nitrogens with one attached hydrogen (secondary N) is 2.